The molecule has 0 unspecified atom stereocenters. The first kappa shape index (κ1) is 21.0. The average molecular weight is 405 g/mol. The van der Waals surface area contributed by atoms with Crippen molar-refractivity contribution in [3.63, 3.8) is 0 Å². The second-order valence-corrected chi connectivity index (χ2v) is 9.31. The molecule has 1 N–H and O–H groups in total. The van der Waals surface area contributed by atoms with E-state index in [0.29, 0.717) is 28.4 Å². The second kappa shape index (κ2) is 9.20. The van der Waals surface area contributed by atoms with Crippen LogP contribution in [0.5, 0.6) is 0 Å². The maximum Gasteiger partial charge on any atom is 0.264 e. The minimum absolute atomic E-state index is 0.346. The normalized spacial score (nSPS) is 22.0. The van der Waals surface area contributed by atoms with E-state index < -0.39 is 10.0 Å². The van der Waals surface area contributed by atoms with Gasteiger partial charge in [-0.1, -0.05) is 36.8 Å². The van der Waals surface area contributed by atoms with E-state index >= 15 is 0 Å². The zero-order chi connectivity index (χ0) is 20.1. The summed E-state index contributed by atoms with van der Waals surface area (Å²) in [6.45, 7) is 13.4. The van der Waals surface area contributed by atoms with Gasteiger partial charge >= 0.3 is 0 Å². The van der Waals surface area contributed by atoms with Gasteiger partial charge in [0.1, 0.15) is 10.7 Å². The minimum Gasteiger partial charge on any atom is -0.301 e. The Hall–Kier alpha value is -1.70. The number of aliphatic imine (C=N–C) groups is 1. The van der Waals surface area contributed by atoms with Crippen molar-refractivity contribution in [2.75, 3.05) is 45.8 Å². The lowest BCUT2D eigenvalue weighted by Crippen LogP contribution is -2.46. The molecule has 0 atom stereocenters. The van der Waals surface area contributed by atoms with Gasteiger partial charge in [-0.3, -0.25) is 9.71 Å². The summed E-state index contributed by atoms with van der Waals surface area (Å²) in [5.74, 6) is 0.489. The van der Waals surface area contributed by atoms with Gasteiger partial charge < -0.3 is 9.80 Å². The SMILES string of the molecule is CCCN1CCN(CCCN=C2NS(=O)(=O)C(c3ccc(C)cc3)=C2C)CC1. The molecule has 1 aromatic carbocycles. The van der Waals surface area contributed by atoms with Crippen molar-refractivity contribution in [1.82, 2.24) is 14.5 Å². The maximum atomic E-state index is 12.6. The predicted octanol–water partition coefficient (Wildman–Crippen LogP) is 2.48. The fraction of sp³-hybridized carbons (Fsp3) is 0.571. The van der Waals surface area contributed by atoms with E-state index in [1.165, 1.54) is 13.0 Å². The molecule has 6 nitrogen and oxygen atoms in total. The average Bonchev–Trinajstić information content (AvgIpc) is 2.90. The fourth-order valence-electron chi connectivity index (χ4n) is 3.83. The molecule has 0 aliphatic carbocycles. The van der Waals surface area contributed by atoms with E-state index in [1.54, 1.807) is 0 Å². The molecule has 2 aliphatic rings. The quantitative estimate of drug-likeness (QED) is 0.709. The molecule has 0 radical (unpaired) electrons. The lowest BCUT2D eigenvalue weighted by Gasteiger charge is -2.34. The second-order valence-electron chi connectivity index (χ2n) is 7.69. The van der Waals surface area contributed by atoms with Crippen LogP contribution in [0, 0.1) is 6.92 Å². The molecule has 0 bridgehead atoms. The molecular weight excluding hydrogens is 372 g/mol. The molecule has 3 rings (SSSR count). The summed E-state index contributed by atoms with van der Waals surface area (Å²) >= 11 is 0. The Kier molecular flexibility index (Phi) is 6.91. The van der Waals surface area contributed by atoms with Gasteiger partial charge in [-0.15, -0.1) is 0 Å². The van der Waals surface area contributed by atoms with Gasteiger partial charge in [-0.2, -0.15) is 0 Å². The number of nitrogens with one attached hydrogen (secondary N) is 1. The number of amidine groups is 1. The van der Waals surface area contributed by atoms with Gasteiger partial charge in [0.25, 0.3) is 10.0 Å². The number of hydrogen-bond donors (Lipinski definition) is 1. The summed E-state index contributed by atoms with van der Waals surface area (Å²) in [6, 6.07) is 7.57. The Labute approximate surface area is 169 Å². The highest BCUT2D eigenvalue weighted by molar-refractivity contribution is 8.00. The van der Waals surface area contributed by atoms with Crippen LogP contribution in [-0.4, -0.2) is 69.9 Å². The van der Waals surface area contributed by atoms with Crippen molar-refractivity contribution in [1.29, 1.82) is 0 Å². The van der Waals surface area contributed by atoms with Gasteiger partial charge in [0.15, 0.2) is 0 Å². The van der Waals surface area contributed by atoms with Crippen LogP contribution in [0.25, 0.3) is 4.91 Å². The molecule has 1 saturated heterocycles. The number of aryl methyl sites for hydroxylation is 1. The first-order valence-corrected chi connectivity index (χ1v) is 11.7. The minimum atomic E-state index is -3.54. The number of hydrogen-bond acceptors (Lipinski definition) is 5. The summed E-state index contributed by atoms with van der Waals surface area (Å²) in [7, 11) is -3.54. The van der Waals surface area contributed by atoms with Crippen molar-refractivity contribution in [2.24, 2.45) is 4.99 Å². The topological polar surface area (TPSA) is 65.0 Å². The maximum absolute atomic E-state index is 12.6. The highest BCUT2D eigenvalue weighted by Crippen LogP contribution is 2.29. The Balaban J connectivity index is 1.57. The first-order chi connectivity index (χ1) is 13.4. The molecule has 0 spiro atoms. The third-order valence-electron chi connectivity index (χ3n) is 5.42. The van der Waals surface area contributed by atoms with E-state index in [0.717, 1.165) is 44.7 Å². The lowest BCUT2D eigenvalue weighted by atomic mass is 10.1. The number of piperazine rings is 1. The summed E-state index contributed by atoms with van der Waals surface area (Å²) in [4.78, 5) is 9.90. The number of nitrogens with zero attached hydrogens (tertiary/aromatic N) is 3. The van der Waals surface area contributed by atoms with E-state index in [9.17, 15) is 8.42 Å². The van der Waals surface area contributed by atoms with E-state index in [2.05, 4.69) is 26.4 Å². The number of sulfonamides is 1. The van der Waals surface area contributed by atoms with Crippen molar-refractivity contribution in [2.45, 2.75) is 33.6 Å². The van der Waals surface area contributed by atoms with Crippen LogP contribution >= 0.6 is 0 Å². The number of benzene rings is 1. The Morgan fingerprint density at radius 1 is 1.00 bits per heavy atom. The third-order valence-corrected chi connectivity index (χ3v) is 6.96. The fourth-order valence-corrected chi connectivity index (χ4v) is 5.35. The Morgan fingerprint density at radius 2 is 1.61 bits per heavy atom. The van der Waals surface area contributed by atoms with E-state index in [1.807, 2.05) is 38.1 Å². The molecule has 28 heavy (non-hydrogen) atoms. The lowest BCUT2D eigenvalue weighted by molar-refractivity contribution is 0.132. The van der Waals surface area contributed by atoms with Crippen LogP contribution < -0.4 is 4.72 Å². The summed E-state index contributed by atoms with van der Waals surface area (Å²) in [5, 5.41) is 0. The molecule has 0 aromatic heterocycles. The third kappa shape index (κ3) is 5.01. The monoisotopic (exact) mass is 404 g/mol. The first-order valence-electron chi connectivity index (χ1n) is 10.2. The van der Waals surface area contributed by atoms with Gasteiger partial charge in [0, 0.05) is 38.3 Å². The van der Waals surface area contributed by atoms with Gasteiger partial charge in [-0.05, 0) is 45.3 Å². The van der Waals surface area contributed by atoms with Crippen LogP contribution in [0.4, 0.5) is 0 Å². The van der Waals surface area contributed by atoms with Gasteiger partial charge in [0.2, 0.25) is 0 Å². The highest BCUT2D eigenvalue weighted by Gasteiger charge is 2.32. The summed E-state index contributed by atoms with van der Waals surface area (Å²) < 4.78 is 27.8. The molecule has 1 fully saturated rings. The summed E-state index contributed by atoms with van der Waals surface area (Å²) in [5.41, 5.74) is 2.53. The predicted molar refractivity (Wildman–Crippen MR) is 116 cm³/mol. The van der Waals surface area contributed by atoms with Crippen molar-refractivity contribution >= 4 is 20.8 Å². The molecule has 1 aromatic rings. The van der Waals surface area contributed by atoms with Crippen LogP contribution in [-0.2, 0) is 10.0 Å². The van der Waals surface area contributed by atoms with Crippen LogP contribution in [0.2, 0.25) is 0 Å². The molecule has 0 saturated carbocycles. The van der Waals surface area contributed by atoms with Crippen molar-refractivity contribution in [3.05, 3.63) is 41.0 Å². The van der Waals surface area contributed by atoms with E-state index in [-0.39, 0.29) is 0 Å². The van der Waals surface area contributed by atoms with Crippen LogP contribution in [0.15, 0.2) is 34.8 Å². The van der Waals surface area contributed by atoms with Crippen LogP contribution in [0.1, 0.15) is 37.8 Å². The van der Waals surface area contributed by atoms with Crippen molar-refractivity contribution < 1.29 is 8.42 Å². The van der Waals surface area contributed by atoms with E-state index in [4.69, 9.17) is 0 Å². The molecular formula is C21H32N4O2S. The largest absolute Gasteiger partial charge is 0.301 e. The summed E-state index contributed by atoms with van der Waals surface area (Å²) in [6.07, 6.45) is 2.15. The molecule has 2 heterocycles. The highest BCUT2D eigenvalue weighted by atomic mass is 32.2. The zero-order valence-corrected chi connectivity index (χ0v) is 18.1. The Bertz CT molecular complexity index is 836. The molecule has 2 aliphatic heterocycles. The molecule has 154 valence electrons. The number of rotatable bonds is 7. The molecule has 7 heteroatoms. The van der Waals surface area contributed by atoms with Gasteiger partial charge in [0.05, 0.1) is 0 Å². The van der Waals surface area contributed by atoms with Crippen molar-refractivity contribution in [3.8, 4) is 0 Å². The standard InChI is InChI=1S/C21H32N4O2S/c1-4-11-24-13-15-25(16-14-24)12-5-10-22-21-18(3)20(28(26,27)23-21)19-8-6-17(2)7-9-19/h6-9H,4-5,10-16H2,1-3H3,(H,22,23). The smallest absolute Gasteiger partial charge is 0.264 e. The zero-order valence-electron chi connectivity index (χ0n) is 17.2. The van der Waals surface area contributed by atoms with Crippen LogP contribution in [0.3, 0.4) is 0 Å². The molecule has 0 amide bonds. The van der Waals surface area contributed by atoms with Gasteiger partial charge in [-0.25, -0.2) is 8.42 Å². The Morgan fingerprint density at radius 3 is 2.21 bits per heavy atom.